The number of fused-ring (bicyclic) bond motifs is 1. The second-order valence-electron chi connectivity index (χ2n) is 6.46. The zero-order valence-corrected chi connectivity index (χ0v) is 16.0. The largest absolute Gasteiger partial charge is 0.378 e. The molecule has 0 aliphatic carbocycles. The van der Waals surface area contributed by atoms with Crippen molar-refractivity contribution in [3.63, 3.8) is 0 Å². The SMILES string of the molecule is C=C(C#Cc1[nH]c2nc(F)ccc2c1CN(C)C)/C=C\C(=C/C)N(C)C. The van der Waals surface area contributed by atoms with Crippen LogP contribution in [-0.4, -0.2) is 48.0 Å². The van der Waals surface area contributed by atoms with Gasteiger partial charge in [-0.15, -0.1) is 0 Å². The Morgan fingerprint density at radius 3 is 2.62 bits per heavy atom. The van der Waals surface area contributed by atoms with E-state index in [1.807, 2.05) is 63.1 Å². The molecular weight excluding hydrogens is 327 g/mol. The molecule has 0 aromatic carbocycles. The van der Waals surface area contributed by atoms with Gasteiger partial charge in [-0.3, -0.25) is 0 Å². The van der Waals surface area contributed by atoms with Gasteiger partial charge in [-0.25, -0.2) is 4.98 Å². The summed E-state index contributed by atoms with van der Waals surface area (Å²) in [4.78, 5) is 11.1. The molecule has 5 heteroatoms. The van der Waals surface area contributed by atoms with E-state index in [-0.39, 0.29) is 0 Å². The first-order chi connectivity index (χ1) is 12.3. The normalized spacial score (nSPS) is 11.9. The third-order valence-electron chi connectivity index (χ3n) is 3.82. The van der Waals surface area contributed by atoms with E-state index in [4.69, 9.17) is 0 Å². The number of aromatic amines is 1. The third-order valence-corrected chi connectivity index (χ3v) is 3.82. The van der Waals surface area contributed by atoms with Crippen molar-refractivity contribution in [2.45, 2.75) is 13.5 Å². The van der Waals surface area contributed by atoms with E-state index in [1.165, 1.54) is 6.07 Å². The maximum absolute atomic E-state index is 13.4. The maximum Gasteiger partial charge on any atom is 0.214 e. The Balaban J connectivity index is 2.35. The molecule has 0 aliphatic heterocycles. The summed E-state index contributed by atoms with van der Waals surface area (Å²) in [6, 6.07) is 3.11. The van der Waals surface area contributed by atoms with Gasteiger partial charge < -0.3 is 14.8 Å². The Labute approximate surface area is 154 Å². The molecule has 0 spiro atoms. The average Bonchev–Trinajstić information content (AvgIpc) is 2.89. The molecule has 2 aromatic rings. The molecule has 2 heterocycles. The number of halogens is 1. The zero-order chi connectivity index (χ0) is 19.3. The smallest absolute Gasteiger partial charge is 0.214 e. The molecule has 0 radical (unpaired) electrons. The van der Waals surface area contributed by atoms with Crippen LogP contribution in [0.5, 0.6) is 0 Å². The Bertz CT molecular complexity index is 921. The Morgan fingerprint density at radius 2 is 2.00 bits per heavy atom. The number of allylic oxidation sites excluding steroid dienone is 4. The van der Waals surface area contributed by atoms with Crippen molar-refractivity contribution in [1.82, 2.24) is 19.8 Å². The molecule has 0 bridgehead atoms. The van der Waals surface area contributed by atoms with Crippen molar-refractivity contribution in [1.29, 1.82) is 0 Å². The van der Waals surface area contributed by atoms with Crippen molar-refractivity contribution in [2.75, 3.05) is 28.2 Å². The first-order valence-electron chi connectivity index (χ1n) is 8.36. The fourth-order valence-corrected chi connectivity index (χ4v) is 2.56. The molecule has 0 unspecified atom stereocenters. The minimum absolute atomic E-state index is 0.510. The average molecular weight is 352 g/mol. The molecule has 4 nitrogen and oxygen atoms in total. The van der Waals surface area contributed by atoms with Crippen molar-refractivity contribution >= 4 is 11.0 Å². The first-order valence-corrected chi connectivity index (χ1v) is 8.36. The first kappa shape index (κ1) is 19.5. The van der Waals surface area contributed by atoms with Crippen LogP contribution in [0, 0.1) is 17.8 Å². The molecule has 2 aromatic heterocycles. The van der Waals surface area contributed by atoms with Gasteiger partial charge in [0.2, 0.25) is 5.95 Å². The molecule has 0 saturated heterocycles. The van der Waals surface area contributed by atoms with Gasteiger partial charge in [-0.2, -0.15) is 4.39 Å². The lowest BCUT2D eigenvalue weighted by Gasteiger charge is -2.12. The number of rotatable bonds is 5. The highest BCUT2D eigenvalue weighted by Crippen LogP contribution is 2.22. The van der Waals surface area contributed by atoms with Gasteiger partial charge in [0.15, 0.2) is 0 Å². The van der Waals surface area contributed by atoms with Gasteiger partial charge in [0, 0.05) is 42.9 Å². The van der Waals surface area contributed by atoms with Gasteiger partial charge in [0.05, 0.1) is 5.69 Å². The number of H-pyrrole nitrogens is 1. The molecule has 0 amide bonds. The van der Waals surface area contributed by atoms with E-state index in [9.17, 15) is 4.39 Å². The lowest BCUT2D eigenvalue weighted by atomic mass is 10.1. The molecule has 0 atom stereocenters. The highest BCUT2D eigenvalue weighted by molar-refractivity contribution is 5.82. The van der Waals surface area contributed by atoms with Crippen LogP contribution in [0.4, 0.5) is 4.39 Å². The number of hydrogen-bond acceptors (Lipinski definition) is 3. The van der Waals surface area contributed by atoms with E-state index < -0.39 is 5.95 Å². The zero-order valence-electron chi connectivity index (χ0n) is 16.0. The van der Waals surface area contributed by atoms with Crippen LogP contribution in [0.25, 0.3) is 11.0 Å². The van der Waals surface area contributed by atoms with Crippen LogP contribution < -0.4 is 0 Å². The minimum Gasteiger partial charge on any atom is -0.378 e. The highest BCUT2D eigenvalue weighted by Gasteiger charge is 2.12. The molecular formula is C21H25FN4. The molecule has 0 saturated carbocycles. The number of nitrogens with one attached hydrogen (secondary N) is 1. The highest BCUT2D eigenvalue weighted by atomic mass is 19.1. The fraction of sp³-hybridized carbons (Fsp3) is 0.286. The van der Waals surface area contributed by atoms with Crippen LogP contribution >= 0.6 is 0 Å². The lowest BCUT2D eigenvalue weighted by molar-refractivity contribution is 0.403. The van der Waals surface area contributed by atoms with Gasteiger partial charge >= 0.3 is 0 Å². The number of pyridine rings is 1. The van der Waals surface area contributed by atoms with Crippen LogP contribution in [-0.2, 0) is 6.54 Å². The summed E-state index contributed by atoms with van der Waals surface area (Å²) in [7, 11) is 7.93. The van der Waals surface area contributed by atoms with E-state index in [0.29, 0.717) is 17.8 Å². The quantitative estimate of drug-likeness (QED) is 0.506. The third kappa shape index (κ3) is 4.84. The minimum atomic E-state index is -0.510. The van der Waals surface area contributed by atoms with E-state index in [1.54, 1.807) is 6.07 Å². The Morgan fingerprint density at radius 1 is 1.27 bits per heavy atom. The van der Waals surface area contributed by atoms with Crippen LogP contribution in [0.1, 0.15) is 18.2 Å². The standard InChI is InChI=1S/C21H25FN4/c1-7-16(26(5)6)10-8-15(2)9-12-19-18(14-25(3)4)17-11-13-20(22)24-21(17)23-19/h7-8,10-11,13H,2,14H2,1,3-6H3,(H,23,24)/b10-8-,16-7+. The summed E-state index contributed by atoms with van der Waals surface area (Å²) in [5.41, 5.74) is 4.02. The summed E-state index contributed by atoms with van der Waals surface area (Å²) in [6.45, 7) is 6.66. The maximum atomic E-state index is 13.4. The monoisotopic (exact) mass is 352 g/mol. The molecule has 136 valence electrons. The molecule has 1 N–H and O–H groups in total. The Hall–Kier alpha value is -2.84. The lowest BCUT2D eigenvalue weighted by Crippen LogP contribution is -2.11. The van der Waals surface area contributed by atoms with Crippen molar-refractivity contribution < 1.29 is 4.39 Å². The van der Waals surface area contributed by atoms with Gasteiger partial charge in [-0.05, 0) is 51.2 Å². The Kier molecular flexibility index (Phi) is 6.37. The summed E-state index contributed by atoms with van der Waals surface area (Å²) < 4.78 is 13.4. The van der Waals surface area contributed by atoms with Crippen LogP contribution in [0.3, 0.4) is 0 Å². The summed E-state index contributed by atoms with van der Waals surface area (Å²) in [6.07, 6.45) is 5.87. The van der Waals surface area contributed by atoms with Crippen molar-refractivity contribution in [2.24, 2.45) is 0 Å². The predicted octanol–water partition coefficient (Wildman–Crippen LogP) is 3.69. The van der Waals surface area contributed by atoms with E-state index >= 15 is 0 Å². The topological polar surface area (TPSA) is 35.2 Å². The fourth-order valence-electron chi connectivity index (χ4n) is 2.56. The van der Waals surface area contributed by atoms with Crippen LogP contribution in [0.15, 0.2) is 48.2 Å². The van der Waals surface area contributed by atoms with E-state index in [2.05, 4.69) is 28.4 Å². The summed E-state index contributed by atoms with van der Waals surface area (Å²) in [5.74, 6) is 5.67. The summed E-state index contributed by atoms with van der Waals surface area (Å²) in [5, 5.41) is 0.884. The number of nitrogens with zero attached hydrogens (tertiary/aromatic N) is 3. The number of likely N-dealkylation sites (N-methyl/N-ethyl adjacent to an activating group) is 1. The number of aromatic nitrogens is 2. The van der Waals surface area contributed by atoms with Crippen molar-refractivity contribution in [3.8, 4) is 11.8 Å². The number of hydrogen-bond donors (Lipinski definition) is 1. The summed E-state index contributed by atoms with van der Waals surface area (Å²) >= 11 is 0. The molecule has 0 fully saturated rings. The van der Waals surface area contributed by atoms with Crippen LogP contribution in [0.2, 0.25) is 0 Å². The van der Waals surface area contributed by atoms with Gasteiger partial charge in [0.1, 0.15) is 5.65 Å². The molecule has 2 rings (SSSR count). The van der Waals surface area contributed by atoms with Gasteiger partial charge in [-0.1, -0.05) is 18.6 Å². The molecule has 0 aliphatic rings. The van der Waals surface area contributed by atoms with Gasteiger partial charge in [0.25, 0.3) is 0 Å². The van der Waals surface area contributed by atoms with E-state index in [0.717, 1.165) is 22.3 Å². The predicted molar refractivity (Wildman–Crippen MR) is 106 cm³/mol. The second-order valence-corrected chi connectivity index (χ2v) is 6.46. The van der Waals surface area contributed by atoms with Crippen molar-refractivity contribution in [3.05, 3.63) is 65.4 Å². The molecule has 26 heavy (non-hydrogen) atoms. The second kappa shape index (κ2) is 8.50.